The van der Waals surface area contributed by atoms with Gasteiger partial charge in [0.15, 0.2) is 0 Å². The maximum absolute atomic E-state index is 11.9. The van der Waals surface area contributed by atoms with E-state index in [1.165, 1.54) is 0 Å². The van der Waals surface area contributed by atoms with Gasteiger partial charge in [0.25, 0.3) is 5.91 Å². The largest absolute Gasteiger partial charge is 0.394 e. The number of rotatable bonds is 4. The Bertz CT molecular complexity index is 466. The number of carbonyl (C=O) groups excluding carboxylic acids is 1. The summed E-state index contributed by atoms with van der Waals surface area (Å²) in [7, 11) is 0. The van der Waals surface area contributed by atoms with Crippen molar-refractivity contribution in [1.82, 2.24) is 5.32 Å². The molecule has 1 aromatic rings. The van der Waals surface area contributed by atoms with E-state index in [1.807, 2.05) is 0 Å². The van der Waals surface area contributed by atoms with Crippen molar-refractivity contribution in [1.29, 1.82) is 0 Å². The summed E-state index contributed by atoms with van der Waals surface area (Å²) in [5.74, 6) is -0.340. The zero-order valence-corrected chi connectivity index (χ0v) is 11.3. The molecule has 0 aromatic heterocycles. The van der Waals surface area contributed by atoms with Crippen molar-refractivity contribution >= 4 is 5.91 Å². The summed E-state index contributed by atoms with van der Waals surface area (Å²) in [4.78, 5) is 11.9. The highest BCUT2D eigenvalue weighted by Crippen LogP contribution is 2.20. The van der Waals surface area contributed by atoms with E-state index < -0.39 is 37.1 Å². The van der Waals surface area contributed by atoms with Gasteiger partial charge in [-0.15, -0.1) is 0 Å². The Hall–Kier alpha value is -1.51. The highest BCUT2D eigenvalue weighted by molar-refractivity contribution is 5.94. The van der Waals surface area contributed by atoms with Gasteiger partial charge in [0.05, 0.1) is 6.61 Å². The van der Waals surface area contributed by atoms with E-state index in [9.17, 15) is 20.1 Å². The molecule has 0 bridgehead atoms. The normalized spacial score (nSPS) is 32.7. The summed E-state index contributed by atoms with van der Waals surface area (Å²) in [5.41, 5.74) is 0.460. The van der Waals surface area contributed by atoms with Crippen LogP contribution in [-0.4, -0.2) is 70.0 Å². The van der Waals surface area contributed by atoms with E-state index in [4.69, 9.17) is 9.84 Å². The second kappa shape index (κ2) is 6.97. The van der Waals surface area contributed by atoms with Crippen molar-refractivity contribution in [3.63, 3.8) is 0 Å². The van der Waals surface area contributed by atoms with E-state index in [0.717, 1.165) is 0 Å². The number of aliphatic hydroxyl groups excluding tert-OH is 4. The van der Waals surface area contributed by atoms with Crippen LogP contribution in [0.5, 0.6) is 0 Å². The summed E-state index contributed by atoms with van der Waals surface area (Å²) in [6, 6.07) is 8.52. The fraction of sp³-hybridized carbons (Fsp3) is 0.500. The maximum Gasteiger partial charge on any atom is 0.251 e. The van der Waals surface area contributed by atoms with Gasteiger partial charge in [0.2, 0.25) is 0 Å². The second-order valence-corrected chi connectivity index (χ2v) is 4.94. The molecule has 116 valence electrons. The van der Waals surface area contributed by atoms with Crippen LogP contribution in [0.1, 0.15) is 10.4 Å². The Morgan fingerprint density at radius 3 is 2.29 bits per heavy atom. The molecule has 0 radical (unpaired) electrons. The van der Waals surface area contributed by atoms with Gasteiger partial charge < -0.3 is 30.5 Å². The Morgan fingerprint density at radius 1 is 1.05 bits per heavy atom. The van der Waals surface area contributed by atoms with Gasteiger partial charge >= 0.3 is 0 Å². The molecule has 0 spiro atoms. The molecule has 1 fully saturated rings. The van der Waals surface area contributed by atoms with Crippen molar-refractivity contribution in [2.45, 2.75) is 30.5 Å². The first kappa shape index (κ1) is 15.9. The number of amides is 1. The quantitative estimate of drug-likeness (QED) is 0.450. The van der Waals surface area contributed by atoms with Gasteiger partial charge in [-0.05, 0) is 12.1 Å². The average molecular weight is 297 g/mol. The average Bonchev–Trinajstić information content (AvgIpc) is 2.52. The molecule has 2 rings (SSSR count). The number of hydrogen-bond donors (Lipinski definition) is 5. The zero-order valence-electron chi connectivity index (χ0n) is 11.3. The van der Waals surface area contributed by atoms with Gasteiger partial charge in [-0.2, -0.15) is 0 Å². The third-order valence-corrected chi connectivity index (χ3v) is 3.49. The highest BCUT2D eigenvalue weighted by Gasteiger charge is 2.43. The SMILES string of the molecule is O=C(NC[C@H]1O[C@H](CO)[C@@H](O)[C@H](O)[C@H]1O)c1ccccc1. The predicted octanol–water partition coefficient (Wildman–Crippen LogP) is -1.74. The minimum atomic E-state index is -1.44. The summed E-state index contributed by atoms with van der Waals surface area (Å²) in [6.45, 7) is -0.538. The summed E-state index contributed by atoms with van der Waals surface area (Å²) >= 11 is 0. The van der Waals surface area contributed by atoms with Crippen LogP contribution < -0.4 is 5.32 Å². The second-order valence-electron chi connectivity index (χ2n) is 4.94. The number of nitrogens with one attached hydrogen (secondary N) is 1. The van der Waals surface area contributed by atoms with Crippen molar-refractivity contribution in [2.24, 2.45) is 0 Å². The zero-order chi connectivity index (χ0) is 15.4. The number of hydrogen-bond acceptors (Lipinski definition) is 6. The first-order chi connectivity index (χ1) is 10.0. The lowest BCUT2D eigenvalue weighted by Gasteiger charge is -2.40. The molecule has 21 heavy (non-hydrogen) atoms. The molecule has 1 aliphatic rings. The van der Waals surface area contributed by atoms with Crippen LogP contribution in [0.4, 0.5) is 0 Å². The minimum absolute atomic E-state index is 0.0465. The van der Waals surface area contributed by atoms with Crippen LogP contribution >= 0.6 is 0 Å². The van der Waals surface area contributed by atoms with Gasteiger partial charge in [0, 0.05) is 12.1 Å². The van der Waals surface area contributed by atoms with Gasteiger partial charge in [-0.1, -0.05) is 18.2 Å². The van der Waals surface area contributed by atoms with Crippen LogP contribution in [0.2, 0.25) is 0 Å². The molecular weight excluding hydrogens is 278 g/mol. The molecule has 1 aliphatic heterocycles. The standard InChI is InChI=1S/C14H19NO6/c16-7-10-12(18)13(19)11(17)9(21-10)6-15-14(20)8-4-2-1-3-5-8/h1-5,9-13,16-19H,6-7H2,(H,15,20)/t9-,10-,11+,12-,13-/m1/s1. The molecule has 7 heteroatoms. The third-order valence-electron chi connectivity index (χ3n) is 3.49. The molecule has 1 heterocycles. The first-order valence-electron chi connectivity index (χ1n) is 6.68. The molecule has 0 aliphatic carbocycles. The number of carbonyl (C=O) groups is 1. The molecule has 5 atom stereocenters. The molecule has 1 saturated heterocycles. The van der Waals surface area contributed by atoms with Gasteiger partial charge in [-0.25, -0.2) is 0 Å². The summed E-state index contributed by atoms with van der Waals surface area (Å²) in [5, 5.41) is 40.8. The third kappa shape index (κ3) is 3.58. The van der Waals surface area contributed by atoms with Crippen molar-refractivity contribution in [3.8, 4) is 0 Å². The van der Waals surface area contributed by atoms with Crippen LogP contribution in [0, 0.1) is 0 Å². The molecule has 1 aromatic carbocycles. The maximum atomic E-state index is 11.9. The van der Waals surface area contributed by atoms with Gasteiger partial charge in [0.1, 0.15) is 30.5 Å². The Morgan fingerprint density at radius 2 is 1.67 bits per heavy atom. The molecule has 5 N–H and O–H groups in total. The van der Waals surface area contributed by atoms with Crippen LogP contribution in [0.3, 0.4) is 0 Å². The summed E-state index contributed by atoms with van der Waals surface area (Å²) < 4.78 is 5.29. The lowest BCUT2D eigenvalue weighted by atomic mass is 9.95. The van der Waals surface area contributed by atoms with E-state index in [1.54, 1.807) is 30.3 Å². The highest BCUT2D eigenvalue weighted by atomic mass is 16.5. The van der Waals surface area contributed by atoms with Crippen LogP contribution in [0.15, 0.2) is 30.3 Å². The van der Waals surface area contributed by atoms with Crippen LogP contribution in [-0.2, 0) is 4.74 Å². The monoisotopic (exact) mass is 297 g/mol. The predicted molar refractivity (Wildman–Crippen MR) is 72.5 cm³/mol. The number of ether oxygens (including phenoxy) is 1. The van der Waals surface area contributed by atoms with E-state index in [-0.39, 0.29) is 12.5 Å². The number of benzene rings is 1. The topological polar surface area (TPSA) is 119 Å². The lowest BCUT2D eigenvalue weighted by Crippen LogP contribution is -2.60. The number of aliphatic hydroxyl groups is 4. The fourth-order valence-corrected chi connectivity index (χ4v) is 2.23. The molecular formula is C14H19NO6. The Kier molecular flexibility index (Phi) is 5.27. The van der Waals surface area contributed by atoms with Crippen molar-refractivity contribution in [3.05, 3.63) is 35.9 Å². The van der Waals surface area contributed by atoms with E-state index in [0.29, 0.717) is 5.56 Å². The van der Waals surface area contributed by atoms with E-state index >= 15 is 0 Å². The molecule has 0 unspecified atom stereocenters. The fourth-order valence-electron chi connectivity index (χ4n) is 2.23. The van der Waals surface area contributed by atoms with Crippen LogP contribution in [0.25, 0.3) is 0 Å². The summed E-state index contributed by atoms with van der Waals surface area (Å²) in [6.07, 6.45) is -6.06. The Labute approximate surface area is 121 Å². The molecule has 0 saturated carbocycles. The minimum Gasteiger partial charge on any atom is -0.394 e. The lowest BCUT2D eigenvalue weighted by molar-refractivity contribution is -0.227. The van der Waals surface area contributed by atoms with E-state index in [2.05, 4.69) is 5.32 Å². The molecule has 1 amide bonds. The smallest absolute Gasteiger partial charge is 0.251 e. The van der Waals surface area contributed by atoms with Crippen molar-refractivity contribution < 1.29 is 30.0 Å². The first-order valence-corrected chi connectivity index (χ1v) is 6.68. The van der Waals surface area contributed by atoms with Crippen molar-refractivity contribution in [2.75, 3.05) is 13.2 Å². The van der Waals surface area contributed by atoms with Gasteiger partial charge in [-0.3, -0.25) is 4.79 Å². The molecule has 7 nitrogen and oxygen atoms in total. The Balaban J connectivity index is 1.94.